The first kappa shape index (κ1) is 14.9. The SMILES string of the molecule is Cc1cc(CNS(=O)(=O)c2cc(N)c(F)cc2Br)on1. The molecule has 0 atom stereocenters. The Hall–Kier alpha value is -1.45. The fourth-order valence-electron chi connectivity index (χ4n) is 1.49. The van der Waals surface area contributed by atoms with E-state index in [-0.39, 0.29) is 21.6 Å². The number of nitrogens with one attached hydrogen (secondary N) is 1. The molecular formula is C11H11BrFN3O3S. The van der Waals surface area contributed by atoms with Gasteiger partial charge >= 0.3 is 0 Å². The van der Waals surface area contributed by atoms with Gasteiger partial charge in [-0.1, -0.05) is 5.16 Å². The zero-order chi connectivity index (χ0) is 14.9. The summed E-state index contributed by atoms with van der Waals surface area (Å²) in [4.78, 5) is -0.146. The lowest BCUT2D eigenvalue weighted by molar-refractivity contribution is 0.377. The molecule has 9 heteroatoms. The van der Waals surface area contributed by atoms with Gasteiger partial charge in [-0.05, 0) is 35.0 Å². The average Bonchev–Trinajstić information content (AvgIpc) is 2.77. The highest BCUT2D eigenvalue weighted by Gasteiger charge is 2.20. The number of hydrogen-bond acceptors (Lipinski definition) is 5. The van der Waals surface area contributed by atoms with Crippen molar-refractivity contribution in [2.24, 2.45) is 0 Å². The van der Waals surface area contributed by atoms with Crippen molar-refractivity contribution in [3.05, 3.63) is 39.9 Å². The van der Waals surface area contributed by atoms with Crippen LogP contribution in [-0.2, 0) is 16.6 Å². The summed E-state index contributed by atoms with van der Waals surface area (Å²) in [7, 11) is -3.85. The van der Waals surface area contributed by atoms with E-state index >= 15 is 0 Å². The Balaban J connectivity index is 2.24. The van der Waals surface area contributed by atoms with Gasteiger partial charge in [0.05, 0.1) is 22.8 Å². The number of aryl methyl sites for hydroxylation is 1. The average molecular weight is 364 g/mol. The quantitative estimate of drug-likeness (QED) is 0.808. The van der Waals surface area contributed by atoms with Crippen molar-refractivity contribution in [2.45, 2.75) is 18.4 Å². The molecule has 108 valence electrons. The number of rotatable bonds is 4. The monoisotopic (exact) mass is 363 g/mol. The lowest BCUT2D eigenvalue weighted by Gasteiger charge is -2.08. The molecule has 0 fully saturated rings. The first-order valence-electron chi connectivity index (χ1n) is 5.46. The maximum Gasteiger partial charge on any atom is 0.242 e. The molecule has 0 radical (unpaired) electrons. The Morgan fingerprint density at radius 3 is 2.75 bits per heavy atom. The third-order valence-corrected chi connectivity index (χ3v) is 4.81. The van der Waals surface area contributed by atoms with Gasteiger partial charge in [-0.2, -0.15) is 0 Å². The third-order valence-electron chi connectivity index (χ3n) is 2.45. The minimum absolute atomic E-state index is 0.0626. The van der Waals surface area contributed by atoms with Crippen molar-refractivity contribution in [3.8, 4) is 0 Å². The Morgan fingerprint density at radius 2 is 2.15 bits per heavy atom. The molecule has 0 aliphatic heterocycles. The van der Waals surface area contributed by atoms with Crippen molar-refractivity contribution < 1.29 is 17.3 Å². The summed E-state index contributed by atoms with van der Waals surface area (Å²) < 4.78 is 44.7. The molecule has 1 aromatic carbocycles. The Kier molecular flexibility index (Phi) is 4.11. The molecule has 0 bridgehead atoms. The molecule has 0 amide bonds. The molecule has 0 aliphatic rings. The van der Waals surface area contributed by atoms with Crippen molar-refractivity contribution in [1.82, 2.24) is 9.88 Å². The molecule has 0 unspecified atom stereocenters. The number of sulfonamides is 1. The highest BCUT2D eigenvalue weighted by molar-refractivity contribution is 9.10. The van der Waals surface area contributed by atoms with Crippen molar-refractivity contribution in [2.75, 3.05) is 5.73 Å². The van der Waals surface area contributed by atoms with Gasteiger partial charge in [0.2, 0.25) is 10.0 Å². The van der Waals surface area contributed by atoms with Crippen LogP contribution in [0.25, 0.3) is 0 Å². The molecule has 2 rings (SSSR count). The molecule has 2 aromatic rings. The lowest BCUT2D eigenvalue weighted by atomic mass is 10.3. The van der Waals surface area contributed by atoms with Gasteiger partial charge in [-0.15, -0.1) is 0 Å². The first-order valence-corrected chi connectivity index (χ1v) is 7.73. The highest BCUT2D eigenvalue weighted by Crippen LogP contribution is 2.26. The van der Waals surface area contributed by atoms with Crippen LogP contribution < -0.4 is 10.5 Å². The normalized spacial score (nSPS) is 11.8. The van der Waals surface area contributed by atoms with E-state index in [4.69, 9.17) is 10.3 Å². The van der Waals surface area contributed by atoms with E-state index in [1.54, 1.807) is 13.0 Å². The van der Waals surface area contributed by atoms with Crippen LogP contribution in [0.1, 0.15) is 11.5 Å². The van der Waals surface area contributed by atoms with Crippen LogP contribution in [0.5, 0.6) is 0 Å². The van der Waals surface area contributed by atoms with Crippen LogP contribution in [-0.4, -0.2) is 13.6 Å². The zero-order valence-corrected chi connectivity index (χ0v) is 12.8. The van der Waals surface area contributed by atoms with Crippen LogP contribution in [0.15, 0.2) is 32.1 Å². The van der Waals surface area contributed by atoms with Gasteiger partial charge in [0.1, 0.15) is 5.82 Å². The van der Waals surface area contributed by atoms with Gasteiger partial charge in [0, 0.05) is 10.5 Å². The van der Waals surface area contributed by atoms with Gasteiger partial charge in [-0.25, -0.2) is 17.5 Å². The fourth-order valence-corrected chi connectivity index (χ4v) is 3.53. The van der Waals surface area contributed by atoms with Crippen LogP contribution in [0.3, 0.4) is 0 Å². The zero-order valence-electron chi connectivity index (χ0n) is 10.4. The van der Waals surface area contributed by atoms with Gasteiger partial charge < -0.3 is 10.3 Å². The van der Waals surface area contributed by atoms with Gasteiger partial charge in [-0.3, -0.25) is 0 Å². The Labute approximate surface area is 123 Å². The predicted octanol–water partition coefficient (Wildman–Crippen LogP) is 1.95. The minimum atomic E-state index is -3.85. The maximum atomic E-state index is 13.2. The Morgan fingerprint density at radius 1 is 1.45 bits per heavy atom. The number of nitrogen functional groups attached to an aromatic ring is 1. The van der Waals surface area contributed by atoms with E-state index in [1.807, 2.05) is 0 Å². The summed E-state index contributed by atoms with van der Waals surface area (Å²) in [5.41, 5.74) is 5.78. The van der Waals surface area contributed by atoms with Crippen LogP contribution >= 0.6 is 15.9 Å². The molecule has 0 aliphatic carbocycles. The number of nitrogens with two attached hydrogens (primary N) is 1. The van der Waals surface area contributed by atoms with Crippen LogP contribution in [0.2, 0.25) is 0 Å². The second-order valence-electron chi connectivity index (χ2n) is 4.06. The molecule has 1 heterocycles. The molecule has 6 nitrogen and oxygen atoms in total. The highest BCUT2D eigenvalue weighted by atomic mass is 79.9. The number of benzene rings is 1. The number of hydrogen-bond donors (Lipinski definition) is 2. The topological polar surface area (TPSA) is 98.2 Å². The Bertz CT molecular complexity index is 745. The summed E-state index contributed by atoms with van der Waals surface area (Å²) in [6.45, 7) is 1.66. The number of halogens is 2. The van der Waals surface area contributed by atoms with Crippen LogP contribution in [0, 0.1) is 12.7 Å². The number of aromatic nitrogens is 1. The molecule has 20 heavy (non-hydrogen) atoms. The van der Waals surface area contributed by atoms with E-state index in [0.29, 0.717) is 11.5 Å². The van der Waals surface area contributed by atoms with E-state index in [0.717, 1.165) is 12.1 Å². The van der Waals surface area contributed by atoms with E-state index in [9.17, 15) is 12.8 Å². The molecule has 3 N–H and O–H groups in total. The molecule has 0 spiro atoms. The maximum absolute atomic E-state index is 13.2. The molecule has 0 saturated carbocycles. The van der Waals surface area contributed by atoms with E-state index in [2.05, 4.69) is 25.8 Å². The van der Waals surface area contributed by atoms with Gasteiger partial charge in [0.25, 0.3) is 0 Å². The summed E-state index contributed by atoms with van der Waals surface area (Å²) in [6, 6.07) is 3.66. The second kappa shape index (κ2) is 5.51. The van der Waals surface area contributed by atoms with Crippen LogP contribution in [0.4, 0.5) is 10.1 Å². The number of anilines is 1. The standard InChI is InChI=1S/C11H11BrFN3O3S/c1-6-2-7(19-16-6)5-15-20(17,18)11-4-10(14)9(13)3-8(11)12/h2-4,15H,5,14H2,1H3. The minimum Gasteiger partial charge on any atom is -0.396 e. The van der Waals surface area contributed by atoms with Gasteiger partial charge in [0.15, 0.2) is 5.76 Å². The van der Waals surface area contributed by atoms with Crippen molar-refractivity contribution in [1.29, 1.82) is 0 Å². The summed E-state index contributed by atoms with van der Waals surface area (Å²) in [5.74, 6) is -0.320. The van der Waals surface area contributed by atoms with E-state index in [1.165, 1.54) is 0 Å². The summed E-state index contributed by atoms with van der Waals surface area (Å²) in [6.07, 6.45) is 0. The molecule has 1 aromatic heterocycles. The van der Waals surface area contributed by atoms with Crippen molar-refractivity contribution in [3.63, 3.8) is 0 Å². The lowest BCUT2D eigenvalue weighted by Crippen LogP contribution is -2.23. The van der Waals surface area contributed by atoms with Crippen molar-refractivity contribution >= 4 is 31.6 Å². The smallest absolute Gasteiger partial charge is 0.242 e. The third kappa shape index (κ3) is 3.17. The summed E-state index contributed by atoms with van der Waals surface area (Å²) in [5, 5.41) is 3.64. The largest absolute Gasteiger partial charge is 0.396 e. The molecule has 0 saturated heterocycles. The first-order chi connectivity index (χ1) is 9.29. The number of nitrogens with zero attached hydrogens (tertiary/aromatic N) is 1. The fraction of sp³-hybridized carbons (Fsp3) is 0.182. The molecular weight excluding hydrogens is 353 g/mol. The predicted molar refractivity (Wildman–Crippen MR) is 73.8 cm³/mol. The second-order valence-corrected chi connectivity index (χ2v) is 6.65. The van der Waals surface area contributed by atoms with E-state index < -0.39 is 15.8 Å². The summed E-state index contributed by atoms with van der Waals surface area (Å²) >= 11 is 3.00.